The first-order chi connectivity index (χ1) is 10.9. The van der Waals surface area contributed by atoms with Crippen molar-refractivity contribution in [3.8, 4) is 0 Å². The summed E-state index contributed by atoms with van der Waals surface area (Å²) in [5.74, 6) is 0. The van der Waals surface area contributed by atoms with E-state index in [1.165, 1.54) is 27.8 Å². The van der Waals surface area contributed by atoms with Crippen molar-refractivity contribution in [2.24, 2.45) is 0 Å². The third kappa shape index (κ3) is 4.55. The van der Waals surface area contributed by atoms with Crippen LogP contribution in [0.15, 0.2) is 36.4 Å². The van der Waals surface area contributed by atoms with E-state index in [0.29, 0.717) is 5.11 Å². The lowest BCUT2D eigenvalue weighted by molar-refractivity contribution is 0.625. The molecule has 0 saturated heterocycles. The Morgan fingerprint density at radius 2 is 1.57 bits per heavy atom. The van der Waals surface area contributed by atoms with Gasteiger partial charge in [0.2, 0.25) is 0 Å². The van der Waals surface area contributed by atoms with Crippen LogP contribution in [0.3, 0.4) is 0 Å². The molecule has 0 aliphatic carbocycles. The standard InChI is InChI=1S/C20H26N2S/c1-6-18(17-9-7-13(2)11-15(17)4)21-20(23)22-19-10-8-14(3)12-16(19)5/h7-12,18H,6H2,1-5H3,(H2,21,22,23)/t18-/m0/s1. The first kappa shape index (κ1) is 17.5. The van der Waals surface area contributed by atoms with E-state index < -0.39 is 0 Å². The zero-order valence-corrected chi connectivity index (χ0v) is 15.5. The lowest BCUT2D eigenvalue weighted by Crippen LogP contribution is -2.32. The molecule has 2 aromatic carbocycles. The Kier molecular flexibility index (Phi) is 5.78. The van der Waals surface area contributed by atoms with Gasteiger partial charge in [-0.1, -0.05) is 48.4 Å². The molecule has 0 spiro atoms. The summed E-state index contributed by atoms with van der Waals surface area (Å²) >= 11 is 5.52. The Bertz CT molecular complexity index is 707. The number of nitrogens with one attached hydrogen (secondary N) is 2. The van der Waals surface area contributed by atoms with Crippen molar-refractivity contribution in [2.75, 3.05) is 5.32 Å². The number of benzene rings is 2. The minimum Gasteiger partial charge on any atom is -0.356 e. The molecule has 1 atom stereocenters. The molecule has 122 valence electrons. The van der Waals surface area contributed by atoms with Crippen LogP contribution >= 0.6 is 12.2 Å². The summed E-state index contributed by atoms with van der Waals surface area (Å²) in [7, 11) is 0. The Morgan fingerprint density at radius 1 is 0.957 bits per heavy atom. The second-order valence-electron chi connectivity index (χ2n) is 6.24. The summed E-state index contributed by atoms with van der Waals surface area (Å²) < 4.78 is 0. The molecule has 2 aromatic rings. The molecule has 0 saturated carbocycles. The van der Waals surface area contributed by atoms with Gasteiger partial charge in [0.1, 0.15) is 0 Å². The average molecular weight is 327 g/mol. The summed E-state index contributed by atoms with van der Waals surface area (Å²) in [5, 5.41) is 7.45. The van der Waals surface area contributed by atoms with Gasteiger partial charge in [-0.15, -0.1) is 0 Å². The summed E-state index contributed by atoms with van der Waals surface area (Å²) in [5.41, 5.74) is 7.42. The molecule has 2 rings (SSSR count). The maximum absolute atomic E-state index is 5.52. The second kappa shape index (κ2) is 7.60. The van der Waals surface area contributed by atoms with Gasteiger partial charge in [0.15, 0.2) is 5.11 Å². The van der Waals surface area contributed by atoms with E-state index in [0.717, 1.165) is 12.1 Å². The maximum Gasteiger partial charge on any atom is 0.171 e. The Balaban J connectivity index is 2.10. The minimum absolute atomic E-state index is 0.223. The molecule has 0 aliphatic heterocycles. The highest BCUT2D eigenvalue weighted by Gasteiger charge is 2.13. The predicted molar refractivity (Wildman–Crippen MR) is 104 cm³/mol. The van der Waals surface area contributed by atoms with E-state index in [4.69, 9.17) is 12.2 Å². The van der Waals surface area contributed by atoms with Crippen LogP contribution in [0, 0.1) is 27.7 Å². The van der Waals surface area contributed by atoms with Gasteiger partial charge in [-0.05, 0) is 69.1 Å². The third-order valence-electron chi connectivity index (χ3n) is 4.14. The van der Waals surface area contributed by atoms with E-state index in [-0.39, 0.29) is 6.04 Å². The fourth-order valence-electron chi connectivity index (χ4n) is 2.89. The van der Waals surface area contributed by atoms with E-state index in [9.17, 15) is 0 Å². The van der Waals surface area contributed by atoms with Gasteiger partial charge in [-0.3, -0.25) is 0 Å². The fourth-order valence-corrected chi connectivity index (χ4v) is 3.14. The van der Waals surface area contributed by atoms with Gasteiger partial charge >= 0.3 is 0 Å². The highest BCUT2D eigenvalue weighted by Crippen LogP contribution is 2.22. The zero-order valence-electron chi connectivity index (χ0n) is 14.7. The van der Waals surface area contributed by atoms with Crippen LogP contribution in [0.2, 0.25) is 0 Å². The van der Waals surface area contributed by atoms with Crippen molar-refractivity contribution in [1.82, 2.24) is 5.32 Å². The number of anilines is 1. The quantitative estimate of drug-likeness (QED) is 0.740. The van der Waals surface area contributed by atoms with Gasteiger partial charge in [0.05, 0.1) is 6.04 Å². The van der Waals surface area contributed by atoms with E-state index >= 15 is 0 Å². The first-order valence-electron chi connectivity index (χ1n) is 8.12. The molecule has 23 heavy (non-hydrogen) atoms. The maximum atomic E-state index is 5.52. The molecule has 0 unspecified atom stereocenters. The Hall–Kier alpha value is -1.87. The van der Waals surface area contributed by atoms with E-state index in [1.807, 2.05) is 0 Å². The van der Waals surface area contributed by atoms with Crippen molar-refractivity contribution < 1.29 is 0 Å². The first-order valence-corrected chi connectivity index (χ1v) is 8.53. The smallest absolute Gasteiger partial charge is 0.171 e. The number of aryl methyl sites for hydroxylation is 4. The van der Waals surface area contributed by atoms with Crippen LogP contribution in [-0.4, -0.2) is 5.11 Å². The molecule has 0 bridgehead atoms. The van der Waals surface area contributed by atoms with E-state index in [2.05, 4.69) is 81.7 Å². The Morgan fingerprint density at radius 3 is 2.13 bits per heavy atom. The van der Waals surface area contributed by atoms with Crippen LogP contribution in [0.1, 0.15) is 47.2 Å². The largest absolute Gasteiger partial charge is 0.356 e. The predicted octanol–water partition coefficient (Wildman–Crippen LogP) is 5.36. The number of hydrogen-bond acceptors (Lipinski definition) is 1. The fraction of sp³-hybridized carbons (Fsp3) is 0.350. The molecule has 0 fully saturated rings. The number of thiocarbonyl (C=S) groups is 1. The molecule has 0 amide bonds. The topological polar surface area (TPSA) is 24.1 Å². The van der Waals surface area contributed by atoms with Crippen LogP contribution in [0.5, 0.6) is 0 Å². The zero-order chi connectivity index (χ0) is 17.0. The van der Waals surface area contributed by atoms with Crippen molar-refractivity contribution >= 4 is 23.0 Å². The lowest BCUT2D eigenvalue weighted by Gasteiger charge is -2.22. The molecule has 2 nitrogen and oxygen atoms in total. The average Bonchev–Trinajstić information content (AvgIpc) is 2.48. The number of hydrogen-bond donors (Lipinski definition) is 2. The summed E-state index contributed by atoms with van der Waals surface area (Å²) in [6.07, 6.45) is 0.985. The summed E-state index contributed by atoms with van der Waals surface area (Å²) in [6, 6.07) is 13.1. The lowest BCUT2D eigenvalue weighted by atomic mass is 9.98. The third-order valence-corrected chi connectivity index (χ3v) is 4.36. The molecular formula is C20H26N2S. The summed E-state index contributed by atoms with van der Waals surface area (Å²) in [4.78, 5) is 0. The molecule has 0 heterocycles. The monoisotopic (exact) mass is 326 g/mol. The van der Waals surface area contributed by atoms with Crippen molar-refractivity contribution in [3.63, 3.8) is 0 Å². The molecule has 0 radical (unpaired) electrons. The SMILES string of the molecule is CC[C@H](NC(=S)Nc1ccc(C)cc1C)c1ccc(C)cc1C. The van der Waals surface area contributed by atoms with Crippen LogP contribution in [-0.2, 0) is 0 Å². The minimum atomic E-state index is 0.223. The highest BCUT2D eigenvalue weighted by molar-refractivity contribution is 7.80. The summed E-state index contributed by atoms with van der Waals surface area (Å²) in [6.45, 7) is 10.7. The van der Waals surface area contributed by atoms with Gasteiger partial charge in [0.25, 0.3) is 0 Å². The van der Waals surface area contributed by atoms with Gasteiger partial charge in [-0.2, -0.15) is 0 Å². The van der Waals surface area contributed by atoms with Gasteiger partial charge in [0, 0.05) is 5.69 Å². The Labute approximate surface area is 145 Å². The molecule has 0 aromatic heterocycles. The molecule has 0 aliphatic rings. The van der Waals surface area contributed by atoms with Crippen LogP contribution < -0.4 is 10.6 Å². The van der Waals surface area contributed by atoms with Crippen LogP contribution in [0.25, 0.3) is 0 Å². The molecular weight excluding hydrogens is 300 g/mol. The highest BCUT2D eigenvalue weighted by atomic mass is 32.1. The van der Waals surface area contributed by atoms with Crippen molar-refractivity contribution in [3.05, 3.63) is 64.2 Å². The normalized spacial score (nSPS) is 11.9. The van der Waals surface area contributed by atoms with E-state index in [1.54, 1.807) is 0 Å². The van der Waals surface area contributed by atoms with Crippen molar-refractivity contribution in [2.45, 2.75) is 47.1 Å². The number of rotatable bonds is 4. The second-order valence-corrected chi connectivity index (χ2v) is 6.65. The van der Waals surface area contributed by atoms with Gasteiger partial charge in [-0.25, -0.2) is 0 Å². The van der Waals surface area contributed by atoms with Gasteiger partial charge < -0.3 is 10.6 Å². The van der Waals surface area contributed by atoms with Crippen LogP contribution in [0.4, 0.5) is 5.69 Å². The van der Waals surface area contributed by atoms with Crippen molar-refractivity contribution in [1.29, 1.82) is 0 Å². The molecule has 3 heteroatoms. The molecule has 2 N–H and O–H groups in total.